The van der Waals surface area contributed by atoms with Gasteiger partial charge in [-0.05, 0) is 19.8 Å². The molecule has 8 heteroatoms. The minimum Gasteiger partial charge on any atom is -0.381 e. The molecule has 1 saturated heterocycles. The van der Waals surface area contributed by atoms with Gasteiger partial charge in [-0.3, -0.25) is 4.79 Å². The summed E-state index contributed by atoms with van der Waals surface area (Å²) in [5.74, 6) is -0.387. The second kappa shape index (κ2) is 7.26. The number of hydrogen-bond donors (Lipinski definition) is 3. The van der Waals surface area contributed by atoms with Gasteiger partial charge in [-0.25, -0.2) is 9.78 Å². The van der Waals surface area contributed by atoms with Gasteiger partial charge in [0.1, 0.15) is 0 Å². The maximum absolute atomic E-state index is 12.0. The molecule has 0 aromatic carbocycles. The number of amides is 3. The van der Waals surface area contributed by atoms with Gasteiger partial charge in [0.05, 0.1) is 11.7 Å². The van der Waals surface area contributed by atoms with E-state index < -0.39 is 5.41 Å². The van der Waals surface area contributed by atoms with Gasteiger partial charge >= 0.3 is 6.03 Å². The quantitative estimate of drug-likeness (QED) is 0.678. The summed E-state index contributed by atoms with van der Waals surface area (Å²) in [4.78, 5) is 27.6. The van der Waals surface area contributed by atoms with Crippen molar-refractivity contribution in [3.63, 3.8) is 0 Å². The number of carbonyl (C=O) groups excluding carboxylic acids is 2. The standard InChI is InChI=1S/C14H23N5O3/c1-11(8-19-5-4-16-10-19)18-13(21)17-9-14(12(15)20)2-6-22-7-3-14/h4-5,10-11H,2-3,6-9H2,1H3,(H2,15,20)(H2,17,18,21). The average Bonchev–Trinajstić information content (AvgIpc) is 2.98. The fraction of sp³-hybridized carbons (Fsp3) is 0.643. The van der Waals surface area contributed by atoms with Gasteiger partial charge in [0.25, 0.3) is 0 Å². The van der Waals surface area contributed by atoms with Gasteiger partial charge in [0.15, 0.2) is 0 Å². The Hall–Kier alpha value is -2.09. The van der Waals surface area contributed by atoms with Gasteiger partial charge in [-0.2, -0.15) is 0 Å². The SMILES string of the molecule is CC(Cn1ccnc1)NC(=O)NCC1(C(N)=O)CCOCC1. The van der Waals surface area contributed by atoms with E-state index in [1.54, 1.807) is 12.5 Å². The Bertz CT molecular complexity index is 497. The first-order valence-corrected chi connectivity index (χ1v) is 7.40. The zero-order valence-corrected chi connectivity index (χ0v) is 12.7. The van der Waals surface area contributed by atoms with Crippen LogP contribution in [0.3, 0.4) is 0 Å². The summed E-state index contributed by atoms with van der Waals surface area (Å²) in [6.45, 7) is 3.74. The highest BCUT2D eigenvalue weighted by Crippen LogP contribution is 2.29. The van der Waals surface area contributed by atoms with Crippen molar-refractivity contribution in [1.29, 1.82) is 0 Å². The third kappa shape index (κ3) is 4.20. The van der Waals surface area contributed by atoms with Crippen LogP contribution in [0.1, 0.15) is 19.8 Å². The van der Waals surface area contributed by atoms with E-state index in [1.165, 1.54) is 0 Å². The fourth-order valence-corrected chi connectivity index (χ4v) is 2.55. The molecule has 1 atom stereocenters. The van der Waals surface area contributed by atoms with Crippen LogP contribution in [-0.4, -0.2) is 47.3 Å². The largest absolute Gasteiger partial charge is 0.381 e. The Morgan fingerprint density at radius 2 is 2.18 bits per heavy atom. The molecule has 8 nitrogen and oxygen atoms in total. The molecule has 1 aliphatic rings. The van der Waals surface area contributed by atoms with Crippen molar-refractivity contribution in [2.24, 2.45) is 11.1 Å². The van der Waals surface area contributed by atoms with Crippen LogP contribution in [0.25, 0.3) is 0 Å². The average molecular weight is 309 g/mol. The molecule has 1 fully saturated rings. The first-order valence-electron chi connectivity index (χ1n) is 7.40. The Labute approximate surface area is 129 Å². The molecule has 0 aliphatic carbocycles. The molecule has 3 amide bonds. The highest BCUT2D eigenvalue weighted by molar-refractivity contribution is 5.82. The molecule has 2 rings (SSSR count). The van der Waals surface area contributed by atoms with Crippen LogP contribution >= 0.6 is 0 Å². The number of primary amides is 1. The van der Waals surface area contributed by atoms with Crippen LogP contribution in [0.4, 0.5) is 4.79 Å². The second-order valence-electron chi connectivity index (χ2n) is 5.74. The summed E-state index contributed by atoms with van der Waals surface area (Å²) in [6, 6.07) is -0.367. The van der Waals surface area contributed by atoms with E-state index in [-0.39, 0.29) is 24.5 Å². The van der Waals surface area contributed by atoms with Gasteiger partial charge in [0, 0.05) is 44.7 Å². The van der Waals surface area contributed by atoms with Crippen LogP contribution in [0.15, 0.2) is 18.7 Å². The van der Waals surface area contributed by atoms with E-state index in [9.17, 15) is 9.59 Å². The zero-order valence-electron chi connectivity index (χ0n) is 12.7. The number of hydrogen-bond acceptors (Lipinski definition) is 4. The van der Waals surface area contributed by atoms with E-state index in [1.807, 2.05) is 17.7 Å². The summed E-state index contributed by atoms with van der Waals surface area (Å²) in [7, 11) is 0. The Morgan fingerprint density at radius 1 is 1.45 bits per heavy atom. The van der Waals surface area contributed by atoms with Crippen LogP contribution < -0.4 is 16.4 Å². The van der Waals surface area contributed by atoms with E-state index in [4.69, 9.17) is 10.5 Å². The number of nitrogens with zero attached hydrogens (tertiary/aromatic N) is 2. The molecule has 1 unspecified atom stereocenters. The monoisotopic (exact) mass is 309 g/mol. The van der Waals surface area contributed by atoms with Crippen molar-refractivity contribution in [2.75, 3.05) is 19.8 Å². The van der Waals surface area contributed by atoms with Crippen molar-refractivity contribution >= 4 is 11.9 Å². The summed E-state index contributed by atoms with van der Waals surface area (Å²) < 4.78 is 7.14. The van der Waals surface area contributed by atoms with Crippen LogP contribution in [0, 0.1) is 5.41 Å². The highest BCUT2D eigenvalue weighted by atomic mass is 16.5. The van der Waals surface area contributed by atoms with Gasteiger partial charge in [-0.15, -0.1) is 0 Å². The molecule has 122 valence electrons. The number of nitrogens with one attached hydrogen (secondary N) is 2. The summed E-state index contributed by atoms with van der Waals surface area (Å²) in [5, 5.41) is 5.59. The number of aromatic nitrogens is 2. The minimum atomic E-state index is -0.705. The lowest BCUT2D eigenvalue weighted by atomic mass is 9.79. The van der Waals surface area contributed by atoms with Crippen molar-refractivity contribution < 1.29 is 14.3 Å². The Morgan fingerprint density at radius 3 is 2.77 bits per heavy atom. The third-order valence-corrected chi connectivity index (χ3v) is 3.98. The van der Waals surface area contributed by atoms with Gasteiger partial charge < -0.3 is 25.7 Å². The predicted molar refractivity (Wildman–Crippen MR) is 79.9 cm³/mol. The molecule has 0 spiro atoms. The molecule has 1 aliphatic heterocycles. The molecule has 0 radical (unpaired) electrons. The number of nitrogens with two attached hydrogens (primary N) is 1. The summed E-state index contributed by atoms with van der Waals surface area (Å²) in [6.07, 6.45) is 6.29. The minimum absolute atomic E-state index is 0.0617. The van der Waals surface area contributed by atoms with E-state index in [2.05, 4.69) is 15.6 Å². The summed E-state index contributed by atoms with van der Waals surface area (Å²) in [5.41, 5.74) is 4.80. The maximum atomic E-state index is 12.0. The lowest BCUT2D eigenvalue weighted by Gasteiger charge is -2.34. The summed E-state index contributed by atoms with van der Waals surface area (Å²) >= 11 is 0. The van der Waals surface area contributed by atoms with E-state index in [0.717, 1.165) is 0 Å². The normalized spacial score (nSPS) is 18.4. The number of carbonyl (C=O) groups is 2. The molecule has 1 aromatic heterocycles. The van der Waals surface area contributed by atoms with E-state index >= 15 is 0 Å². The van der Waals surface area contributed by atoms with Crippen molar-refractivity contribution in [3.05, 3.63) is 18.7 Å². The first-order chi connectivity index (χ1) is 10.5. The molecule has 1 aromatic rings. The Balaban J connectivity index is 1.79. The molecule has 22 heavy (non-hydrogen) atoms. The molecular formula is C14H23N5O3. The lowest BCUT2D eigenvalue weighted by Crippen LogP contribution is -2.52. The van der Waals surface area contributed by atoms with Crippen molar-refractivity contribution in [2.45, 2.75) is 32.4 Å². The molecule has 2 heterocycles. The van der Waals surface area contributed by atoms with Crippen LogP contribution in [0.2, 0.25) is 0 Å². The topological polar surface area (TPSA) is 111 Å². The Kier molecular flexibility index (Phi) is 5.37. The van der Waals surface area contributed by atoms with Gasteiger partial charge in [0.2, 0.25) is 5.91 Å². The number of rotatable bonds is 6. The highest BCUT2D eigenvalue weighted by Gasteiger charge is 2.38. The van der Waals surface area contributed by atoms with Gasteiger partial charge in [-0.1, -0.05) is 0 Å². The van der Waals surface area contributed by atoms with E-state index in [0.29, 0.717) is 32.6 Å². The van der Waals surface area contributed by atoms with Crippen LogP contribution in [-0.2, 0) is 16.1 Å². The molecule has 0 saturated carbocycles. The van der Waals surface area contributed by atoms with Crippen molar-refractivity contribution in [1.82, 2.24) is 20.2 Å². The predicted octanol–water partition coefficient (Wildman–Crippen LogP) is -0.147. The second-order valence-corrected chi connectivity index (χ2v) is 5.74. The third-order valence-electron chi connectivity index (χ3n) is 3.98. The van der Waals surface area contributed by atoms with Crippen molar-refractivity contribution in [3.8, 4) is 0 Å². The van der Waals surface area contributed by atoms with Crippen LogP contribution in [0.5, 0.6) is 0 Å². The maximum Gasteiger partial charge on any atom is 0.315 e. The number of imidazole rings is 1. The smallest absolute Gasteiger partial charge is 0.315 e. The molecular weight excluding hydrogens is 286 g/mol. The number of urea groups is 1. The zero-order chi connectivity index (χ0) is 16.0. The lowest BCUT2D eigenvalue weighted by molar-refractivity contribution is -0.132. The fourth-order valence-electron chi connectivity index (χ4n) is 2.55. The first kappa shape index (κ1) is 16.3. The molecule has 4 N–H and O–H groups in total. The molecule has 0 bridgehead atoms. The number of ether oxygens (including phenoxy) is 1.